The van der Waals surface area contributed by atoms with Crippen molar-refractivity contribution in [3.63, 3.8) is 0 Å². The third-order valence-corrected chi connectivity index (χ3v) is 3.01. The Balaban J connectivity index is 2.65. The minimum atomic E-state index is -0.197. The second kappa shape index (κ2) is 6.71. The van der Waals surface area contributed by atoms with E-state index < -0.39 is 0 Å². The zero-order valence-corrected chi connectivity index (χ0v) is 11.8. The Morgan fingerprint density at radius 1 is 1.22 bits per heavy atom. The number of hydrogen-bond donors (Lipinski definition) is 1. The summed E-state index contributed by atoms with van der Waals surface area (Å²) in [5, 5.41) is 0. The van der Waals surface area contributed by atoms with Gasteiger partial charge in [-0.05, 0) is 51.7 Å². The summed E-state index contributed by atoms with van der Waals surface area (Å²) in [6.07, 6.45) is 1.01. The van der Waals surface area contributed by atoms with Crippen LogP contribution in [0.3, 0.4) is 0 Å². The molecule has 0 aromatic heterocycles. The molecule has 0 unspecified atom stereocenters. The molecule has 1 aromatic carbocycles. The highest BCUT2D eigenvalue weighted by molar-refractivity contribution is 5.48. The highest BCUT2D eigenvalue weighted by Crippen LogP contribution is 2.22. The summed E-state index contributed by atoms with van der Waals surface area (Å²) in [6.45, 7) is 3.70. The maximum atomic E-state index is 13.9. The molecule has 0 heterocycles. The summed E-state index contributed by atoms with van der Waals surface area (Å²) in [4.78, 5) is 4.08. The van der Waals surface area contributed by atoms with Crippen LogP contribution in [-0.2, 0) is 0 Å². The monoisotopic (exact) mass is 253 g/mol. The molecule has 0 radical (unpaired) electrons. The van der Waals surface area contributed by atoms with E-state index >= 15 is 0 Å². The lowest BCUT2D eigenvalue weighted by Gasteiger charge is -2.21. The molecule has 0 spiro atoms. The third kappa shape index (κ3) is 4.27. The first kappa shape index (κ1) is 14.9. The molecule has 0 bridgehead atoms. The number of nitrogens with two attached hydrogens (primary N) is 1. The average molecular weight is 253 g/mol. The first-order valence-corrected chi connectivity index (χ1v) is 6.32. The maximum absolute atomic E-state index is 13.9. The van der Waals surface area contributed by atoms with Gasteiger partial charge in [-0.3, -0.25) is 0 Å². The standard InChI is InChI=1S/C14H24FN3/c1-11(16)12-6-7-14(13(15)10-12)18(4)9-5-8-17(2)3/h6-7,10-11H,5,8-9,16H2,1-4H3/t11-/m1/s1. The number of benzene rings is 1. The van der Waals surface area contributed by atoms with Crippen molar-refractivity contribution < 1.29 is 4.39 Å². The highest BCUT2D eigenvalue weighted by Gasteiger charge is 2.09. The summed E-state index contributed by atoms with van der Waals surface area (Å²) in [5.41, 5.74) is 7.21. The quantitative estimate of drug-likeness (QED) is 0.844. The lowest BCUT2D eigenvalue weighted by atomic mass is 10.1. The Bertz CT molecular complexity index is 377. The van der Waals surface area contributed by atoms with Crippen LogP contribution in [0.5, 0.6) is 0 Å². The molecule has 0 saturated heterocycles. The topological polar surface area (TPSA) is 32.5 Å². The van der Waals surface area contributed by atoms with Gasteiger partial charge in [-0.2, -0.15) is 0 Å². The molecule has 0 aliphatic carbocycles. The van der Waals surface area contributed by atoms with Gasteiger partial charge in [-0.15, -0.1) is 0 Å². The minimum Gasteiger partial charge on any atom is -0.372 e. The van der Waals surface area contributed by atoms with Gasteiger partial charge in [0, 0.05) is 19.6 Å². The fourth-order valence-electron chi connectivity index (χ4n) is 1.86. The molecule has 0 aliphatic rings. The van der Waals surface area contributed by atoms with Gasteiger partial charge in [0.15, 0.2) is 0 Å². The van der Waals surface area contributed by atoms with Crippen molar-refractivity contribution >= 4 is 5.69 Å². The lowest BCUT2D eigenvalue weighted by molar-refractivity contribution is 0.401. The van der Waals surface area contributed by atoms with Crippen molar-refractivity contribution in [3.05, 3.63) is 29.6 Å². The fraction of sp³-hybridized carbons (Fsp3) is 0.571. The zero-order chi connectivity index (χ0) is 13.7. The normalized spacial score (nSPS) is 12.8. The van der Waals surface area contributed by atoms with E-state index in [1.54, 1.807) is 0 Å². The van der Waals surface area contributed by atoms with Gasteiger partial charge in [-0.25, -0.2) is 4.39 Å². The van der Waals surface area contributed by atoms with E-state index in [2.05, 4.69) is 4.90 Å². The van der Waals surface area contributed by atoms with Crippen LogP contribution in [0, 0.1) is 5.82 Å². The predicted octanol–water partition coefficient (Wildman–Crippen LogP) is 2.23. The van der Waals surface area contributed by atoms with Crippen LogP contribution in [-0.4, -0.2) is 39.1 Å². The number of hydrogen-bond acceptors (Lipinski definition) is 3. The molecule has 1 rings (SSSR count). The van der Waals surface area contributed by atoms with Gasteiger partial charge >= 0.3 is 0 Å². The molecular formula is C14H24FN3. The van der Waals surface area contributed by atoms with Crippen molar-refractivity contribution in [2.45, 2.75) is 19.4 Å². The number of halogens is 1. The fourth-order valence-corrected chi connectivity index (χ4v) is 1.86. The maximum Gasteiger partial charge on any atom is 0.146 e. The molecular weight excluding hydrogens is 229 g/mol. The number of anilines is 1. The van der Waals surface area contributed by atoms with E-state index in [1.807, 2.05) is 45.1 Å². The Morgan fingerprint density at radius 3 is 2.39 bits per heavy atom. The largest absolute Gasteiger partial charge is 0.372 e. The predicted molar refractivity (Wildman–Crippen MR) is 75.4 cm³/mol. The first-order valence-electron chi connectivity index (χ1n) is 6.32. The van der Waals surface area contributed by atoms with Crippen LogP contribution in [0.1, 0.15) is 24.9 Å². The third-order valence-electron chi connectivity index (χ3n) is 3.01. The summed E-state index contributed by atoms with van der Waals surface area (Å²) >= 11 is 0. The second-order valence-electron chi connectivity index (χ2n) is 5.08. The molecule has 18 heavy (non-hydrogen) atoms. The van der Waals surface area contributed by atoms with Crippen LogP contribution in [0.2, 0.25) is 0 Å². The number of rotatable bonds is 6. The smallest absolute Gasteiger partial charge is 0.146 e. The molecule has 102 valence electrons. The van der Waals surface area contributed by atoms with Crippen LogP contribution >= 0.6 is 0 Å². The van der Waals surface area contributed by atoms with Crippen LogP contribution in [0.25, 0.3) is 0 Å². The molecule has 2 N–H and O–H groups in total. The average Bonchev–Trinajstić information content (AvgIpc) is 2.27. The van der Waals surface area contributed by atoms with Crippen molar-refractivity contribution in [2.24, 2.45) is 5.73 Å². The van der Waals surface area contributed by atoms with Crippen LogP contribution in [0.15, 0.2) is 18.2 Å². The van der Waals surface area contributed by atoms with E-state index in [0.717, 1.165) is 25.1 Å². The Morgan fingerprint density at radius 2 is 1.89 bits per heavy atom. The van der Waals surface area contributed by atoms with Crippen molar-refractivity contribution in [3.8, 4) is 0 Å². The van der Waals surface area contributed by atoms with Crippen molar-refractivity contribution in [1.29, 1.82) is 0 Å². The lowest BCUT2D eigenvalue weighted by Crippen LogP contribution is -2.24. The van der Waals surface area contributed by atoms with Gasteiger partial charge in [0.2, 0.25) is 0 Å². The molecule has 0 amide bonds. The van der Waals surface area contributed by atoms with E-state index in [-0.39, 0.29) is 11.9 Å². The summed E-state index contributed by atoms with van der Waals surface area (Å²) in [6, 6.07) is 5.10. The van der Waals surface area contributed by atoms with Crippen molar-refractivity contribution in [1.82, 2.24) is 4.90 Å². The molecule has 4 heteroatoms. The summed E-state index contributed by atoms with van der Waals surface area (Å²) in [7, 11) is 6.00. The molecule has 0 aliphatic heterocycles. The van der Waals surface area contributed by atoms with Gasteiger partial charge < -0.3 is 15.5 Å². The molecule has 1 atom stereocenters. The van der Waals surface area contributed by atoms with Crippen molar-refractivity contribution in [2.75, 3.05) is 39.1 Å². The van der Waals surface area contributed by atoms with E-state index in [1.165, 1.54) is 6.07 Å². The van der Waals surface area contributed by atoms with E-state index in [9.17, 15) is 4.39 Å². The Hall–Kier alpha value is -1.13. The van der Waals surface area contributed by atoms with Gasteiger partial charge in [-0.1, -0.05) is 6.07 Å². The van der Waals surface area contributed by atoms with Crippen LogP contribution < -0.4 is 10.6 Å². The Kier molecular flexibility index (Phi) is 5.56. The molecule has 1 aromatic rings. The van der Waals surface area contributed by atoms with Gasteiger partial charge in [0.1, 0.15) is 5.82 Å². The zero-order valence-electron chi connectivity index (χ0n) is 11.8. The second-order valence-corrected chi connectivity index (χ2v) is 5.08. The molecule has 0 saturated carbocycles. The molecule has 3 nitrogen and oxygen atoms in total. The Labute approximate surface area is 109 Å². The highest BCUT2D eigenvalue weighted by atomic mass is 19.1. The van der Waals surface area contributed by atoms with E-state index in [0.29, 0.717) is 5.69 Å². The summed E-state index contributed by atoms with van der Waals surface area (Å²) < 4.78 is 13.9. The minimum absolute atomic E-state index is 0.132. The first-order chi connectivity index (χ1) is 8.41. The van der Waals surface area contributed by atoms with Gasteiger partial charge in [0.05, 0.1) is 5.69 Å². The van der Waals surface area contributed by atoms with Gasteiger partial charge in [0.25, 0.3) is 0 Å². The van der Waals surface area contributed by atoms with E-state index in [4.69, 9.17) is 5.73 Å². The SMILES string of the molecule is C[C@@H](N)c1ccc(N(C)CCCN(C)C)c(F)c1. The van der Waals surface area contributed by atoms with Crippen LogP contribution in [0.4, 0.5) is 10.1 Å². The molecule has 0 fully saturated rings. The summed E-state index contributed by atoms with van der Waals surface area (Å²) in [5.74, 6) is -0.197. The number of nitrogens with zero attached hydrogens (tertiary/aromatic N) is 2.